The molecule has 0 aromatic heterocycles. The van der Waals surface area contributed by atoms with Crippen molar-refractivity contribution >= 4 is 17.8 Å². The third-order valence-electron chi connectivity index (χ3n) is 5.94. The molecule has 1 atom stereocenters. The molecule has 1 unspecified atom stereocenters. The summed E-state index contributed by atoms with van der Waals surface area (Å²) in [6, 6.07) is 13.0. The number of ether oxygens (including phenoxy) is 1. The number of amides is 2. The first-order valence-electron chi connectivity index (χ1n) is 11.7. The molecule has 0 aliphatic carbocycles. The maximum Gasteiger partial charge on any atom is 0.336 e. The van der Waals surface area contributed by atoms with E-state index in [4.69, 9.17) is 4.74 Å². The van der Waals surface area contributed by atoms with Gasteiger partial charge in [-0.25, -0.2) is 9.18 Å². The Labute approximate surface area is 205 Å². The van der Waals surface area contributed by atoms with E-state index in [9.17, 15) is 18.8 Å². The summed E-state index contributed by atoms with van der Waals surface area (Å²) in [5, 5.41) is 2.88. The highest BCUT2D eigenvalue weighted by Crippen LogP contribution is 2.38. The van der Waals surface area contributed by atoms with Gasteiger partial charge in [0.15, 0.2) is 0 Å². The molecule has 3 rings (SSSR count). The number of hydrogen-bond donors (Lipinski definition) is 1. The molecule has 2 aromatic carbocycles. The summed E-state index contributed by atoms with van der Waals surface area (Å²) in [4.78, 5) is 42.1. The Morgan fingerprint density at radius 1 is 1.17 bits per heavy atom. The molecular weight excluding hydrogens is 449 g/mol. The molecule has 2 aromatic rings. The highest BCUT2D eigenvalue weighted by atomic mass is 19.1. The molecule has 0 saturated heterocycles. The maximum atomic E-state index is 13.9. The summed E-state index contributed by atoms with van der Waals surface area (Å²) in [7, 11) is 3.86. The van der Waals surface area contributed by atoms with Gasteiger partial charge in [0.05, 0.1) is 18.7 Å². The van der Waals surface area contributed by atoms with Gasteiger partial charge in [0.25, 0.3) is 5.91 Å². The van der Waals surface area contributed by atoms with Gasteiger partial charge in [-0.05, 0) is 63.3 Å². The molecule has 186 valence electrons. The van der Waals surface area contributed by atoms with Gasteiger partial charge in [-0.3, -0.25) is 9.59 Å². The fraction of sp³-hybridized carbons (Fsp3) is 0.370. The zero-order chi connectivity index (χ0) is 25.5. The second kappa shape index (κ2) is 11.8. The number of halogens is 1. The minimum Gasteiger partial charge on any atom is -0.463 e. The number of nitrogens with zero attached hydrogens (tertiary/aromatic N) is 2. The van der Waals surface area contributed by atoms with Gasteiger partial charge in [-0.1, -0.05) is 24.3 Å². The van der Waals surface area contributed by atoms with E-state index < -0.39 is 17.7 Å². The van der Waals surface area contributed by atoms with Gasteiger partial charge in [0, 0.05) is 36.7 Å². The van der Waals surface area contributed by atoms with Crippen LogP contribution >= 0.6 is 0 Å². The van der Waals surface area contributed by atoms with Crippen molar-refractivity contribution in [1.29, 1.82) is 0 Å². The quantitative estimate of drug-likeness (QED) is 0.555. The lowest BCUT2D eigenvalue weighted by atomic mass is 9.83. The molecule has 7 nitrogen and oxygen atoms in total. The first kappa shape index (κ1) is 26.1. The molecule has 1 heterocycles. The first-order valence-corrected chi connectivity index (χ1v) is 11.7. The van der Waals surface area contributed by atoms with Crippen LogP contribution < -0.4 is 5.32 Å². The SMILES string of the molecule is CCOC(=O)C1=C(C)N(Cc2cccc(C(=O)NCCN(C)C)c2)C(=O)CC1c1cccc(F)c1. The zero-order valence-electron chi connectivity index (χ0n) is 20.6. The molecular formula is C27H32FN3O4. The van der Waals surface area contributed by atoms with E-state index in [1.807, 2.05) is 25.1 Å². The molecule has 2 amide bonds. The molecule has 0 saturated carbocycles. The molecule has 1 N–H and O–H groups in total. The normalized spacial score (nSPS) is 16.0. The predicted molar refractivity (Wildman–Crippen MR) is 131 cm³/mol. The smallest absolute Gasteiger partial charge is 0.336 e. The number of rotatable bonds is 9. The van der Waals surface area contributed by atoms with Crippen molar-refractivity contribution < 1.29 is 23.5 Å². The second-order valence-corrected chi connectivity index (χ2v) is 8.77. The van der Waals surface area contributed by atoms with Crippen molar-refractivity contribution in [3.63, 3.8) is 0 Å². The third-order valence-corrected chi connectivity index (χ3v) is 5.94. The Bertz CT molecular complexity index is 1130. The van der Waals surface area contributed by atoms with Crippen LogP contribution in [-0.4, -0.2) is 61.4 Å². The fourth-order valence-corrected chi connectivity index (χ4v) is 4.17. The van der Waals surface area contributed by atoms with Gasteiger partial charge in [-0.15, -0.1) is 0 Å². The number of carbonyl (C=O) groups is 3. The van der Waals surface area contributed by atoms with Gasteiger partial charge >= 0.3 is 5.97 Å². The monoisotopic (exact) mass is 481 g/mol. The standard InChI is InChI=1S/C27H32FN3O4/c1-5-35-27(34)25-18(2)31(24(32)16-23(25)20-9-7-11-22(28)15-20)17-19-8-6-10-21(14-19)26(33)29-12-13-30(3)4/h6-11,14-15,23H,5,12-13,16-17H2,1-4H3,(H,29,33). The van der Waals surface area contributed by atoms with Crippen molar-refractivity contribution in [2.24, 2.45) is 0 Å². The lowest BCUT2D eigenvalue weighted by Gasteiger charge is -2.34. The maximum absolute atomic E-state index is 13.9. The summed E-state index contributed by atoms with van der Waals surface area (Å²) in [6.45, 7) is 5.04. The summed E-state index contributed by atoms with van der Waals surface area (Å²) < 4.78 is 19.2. The average molecular weight is 482 g/mol. The Hall–Kier alpha value is -3.52. The lowest BCUT2D eigenvalue weighted by molar-refractivity contribution is -0.140. The summed E-state index contributed by atoms with van der Waals surface area (Å²) in [6.07, 6.45) is 0.0135. The van der Waals surface area contributed by atoms with Crippen LogP contribution in [-0.2, 0) is 20.9 Å². The summed E-state index contributed by atoms with van der Waals surface area (Å²) in [5.41, 5.74) is 2.61. The van der Waals surface area contributed by atoms with Gasteiger partial charge < -0.3 is 19.9 Å². The van der Waals surface area contributed by atoms with Crippen molar-refractivity contribution in [3.05, 3.63) is 82.3 Å². The Balaban J connectivity index is 1.89. The minimum absolute atomic E-state index is 0.0135. The average Bonchev–Trinajstić information content (AvgIpc) is 2.81. The van der Waals surface area contributed by atoms with Crippen molar-refractivity contribution in [2.75, 3.05) is 33.8 Å². The molecule has 1 aliphatic heterocycles. The highest BCUT2D eigenvalue weighted by Gasteiger charge is 2.37. The number of allylic oxidation sites excluding steroid dienone is 1. The van der Waals surface area contributed by atoms with E-state index in [0.29, 0.717) is 28.9 Å². The van der Waals surface area contributed by atoms with Crippen LogP contribution in [0.3, 0.4) is 0 Å². The van der Waals surface area contributed by atoms with E-state index in [2.05, 4.69) is 5.32 Å². The molecule has 35 heavy (non-hydrogen) atoms. The summed E-state index contributed by atoms with van der Waals surface area (Å²) >= 11 is 0. The van der Waals surface area contributed by atoms with Crippen molar-refractivity contribution in [3.8, 4) is 0 Å². The largest absolute Gasteiger partial charge is 0.463 e. The number of hydrogen-bond acceptors (Lipinski definition) is 5. The topological polar surface area (TPSA) is 79.0 Å². The molecule has 8 heteroatoms. The number of carbonyl (C=O) groups excluding carboxylic acids is 3. The van der Waals surface area contributed by atoms with E-state index in [0.717, 1.165) is 12.1 Å². The number of esters is 1. The van der Waals surface area contributed by atoms with Crippen LogP contribution in [0, 0.1) is 5.82 Å². The Morgan fingerprint density at radius 2 is 1.91 bits per heavy atom. The van der Waals surface area contributed by atoms with Crippen molar-refractivity contribution in [2.45, 2.75) is 32.7 Å². The number of nitrogens with one attached hydrogen (secondary N) is 1. The summed E-state index contributed by atoms with van der Waals surface area (Å²) in [5.74, 6) is -1.93. The molecule has 0 spiro atoms. The third kappa shape index (κ3) is 6.54. The predicted octanol–water partition coefficient (Wildman–Crippen LogP) is 3.47. The van der Waals surface area contributed by atoms with E-state index in [1.165, 1.54) is 17.0 Å². The molecule has 0 fully saturated rings. The van der Waals surface area contributed by atoms with Crippen LogP contribution in [0.4, 0.5) is 4.39 Å². The fourth-order valence-electron chi connectivity index (χ4n) is 4.17. The number of likely N-dealkylation sites (N-methyl/N-ethyl adjacent to an activating group) is 1. The van der Waals surface area contributed by atoms with E-state index in [1.54, 1.807) is 44.2 Å². The van der Waals surface area contributed by atoms with Gasteiger partial charge in [0.2, 0.25) is 5.91 Å². The van der Waals surface area contributed by atoms with Crippen LogP contribution in [0.2, 0.25) is 0 Å². The van der Waals surface area contributed by atoms with Crippen LogP contribution in [0.25, 0.3) is 0 Å². The van der Waals surface area contributed by atoms with Crippen LogP contribution in [0.1, 0.15) is 47.7 Å². The Kier molecular flexibility index (Phi) is 8.76. The van der Waals surface area contributed by atoms with Crippen LogP contribution in [0.5, 0.6) is 0 Å². The molecule has 0 bridgehead atoms. The molecule has 1 aliphatic rings. The van der Waals surface area contributed by atoms with Crippen molar-refractivity contribution in [1.82, 2.24) is 15.1 Å². The molecule has 0 radical (unpaired) electrons. The Morgan fingerprint density at radius 3 is 2.60 bits per heavy atom. The van der Waals surface area contributed by atoms with Gasteiger partial charge in [-0.2, -0.15) is 0 Å². The van der Waals surface area contributed by atoms with Crippen LogP contribution in [0.15, 0.2) is 59.8 Å². The van der Waals surface area contributed by atoms with Gasteiger partial charge in [0.1, 0.15) is 5.82 Å². The second-order valence-electron chi connectivity index (χ2n) is 8.77. The first-order chi connectivity index (χ1) is 16.7. The van der Waals surface area contributed by atoms with E-state index >= 15 is 0 Å². The minimum atomic E-state index is -0.595. The number of benzene rings is 2. The zero-order valence-corrected chi connectivity index (χ0v) is 20.6. The highest BCUT2D eigenvalue weighted by molar-refractivity contribution is 5.96. The lowest BCUT2D eigenvalue weighted by Crippen LogP contribution is -2.38. The van der Waals surface area contributed by atoms with E-state index in [-0.39, 0.29) is 31.4 Å².